The molecule has 2 amide bonds. The second-order valence-corrected chi connectivity index (χ2v) is 8.39. The summed E-state index contributed by atoms with van der Waals surface area (Å²) in [6, 6.07) is 22.0. The van der Waals surface area contributed by atoms with Crippen molar-refractivity contribution in [2.45, 2.75) is 12.5 Å². The van der Waals surface area contributed by atoms with E-state index in [4.69, 9.17) is 4.84 Å². The van der Waals surface area contributed by atoms with Crippen LogP contribution in [-0.4, -0.2) is 50.9 Å². The van der Waals surface area contributed by atoms with E-state index in [1.165, 1.54) is 12.0 Å². The average Bonchev–Trinajstić information content (AvgIpc) is 3.53. The number of benzene rings is 3. The van der Waals surface area contributed by atoms with E-state index in [2.05, 4.69) is 19.2 Å². The van der Waals surface area contributed by atoms with Gasteiger partial charge in [0, 0.05) is 12.0 Å². The van der Waals surface area contributed by atoms with E-state index in [0.717, 1.165) is 22.9 Å². The molecule has 1 saturated heterocycles. The second-order valence-electron chi connectivity index (χ2n) is 7.86. The molecule has 5 rings (SSSR count). The number of hydrogen-bond donors (Lipinski definition) is 1. The fourth-order valence-corrected chi connectivity index (χ4v) is 4.62. The molecule has 1 atom stereocenters. The van der Waals surface area contributed by atoms with Crippen LogP contribution in [0.2, 0.25) is 0 Å². The van der Waals surface area contributed by atoms with Crippen molar-refractivity contribution < 1.29 is 14.4 Å². The summed E-state index contributed by atoms with van der Waals surface area (Å²) in [5, 5.41) is 6.93. The number of anilines is 1. The maximum absolute atomic E-state index is 13.4. The molecule has 34 heavy (non-hydrogen) atoms. The van der Waals surface area contributed by atoms with Crippen molar-refractivity contribution >= 4 is 46.0 Å². The smallest absolute Gasteiger partial charge is 0.254 e. The van der Waals surface area contributed by atoms with Crippen molar-refractivity contribution in [1.82, 2.24) is 13.6 Å². The van der Waals surface area contributed by atoms with Crippen LogP contribution in [0, 0.1) is 0 Å². The van der Waals surface area contributed by atoms with Gasteiger partial charge < -0.3 is 15.1 Å². The minimum absolute atomic E-state index is 0.216. The van der Waals surface area contributed by atoms with Crippen LogP contribution in [0.3, 0.4) is 0 Å². The largest absolute Gasteiger partial charge is 0.399 e. The predicted octanol–water partition coefficient (Wildman–Crippen LogP) is 4.21. The third kappa shape index (κ3) is 4.25. The van der Waals surface area contributed by atoms with Gasteiger partial charge in [-0.2, -0.15) is 8.75 Å². The fraction of sp³-hybridized carbons (Fsp3) is 0.160. The van der Waals surface area contributed by atoms with E-state index >= 15 is 0 Å². The number of rotatable bonds is 5. The van der Waals surface area contributed by atoms with Gasteiger partial charge in [-0.25, -0.2) is 0 Å². The quantitative estimate of drug-likeness (QED) is 0.440. The van der Waals surface area contributed by atoms with Crippen LogP contribution in [-0.2, 0) is 9.63 Å². The molecule has 0 spiro atoms. The Morgan fingerprint density at radius 2 is 1.76 bits per heavy atom. The molecule has 0 saturated carbocycles. The maximum Gasteiger partial charge on any atom is 0.254 e. The Hall–Kier alpha value is -4.11. The molecule has 0 unspecified atom stereocenters. The Balaban J connectivity index is 1.39. The van der Waals surface area contributed by atoms with Crippen molar-refractivity contribution in [1.29, 1.82) is 0 Å². The highest BCUT2D eigenvalue weighted by Gasteiger charge is 2.38. The summed E-state index contributed by atoms with van der Waals surface area (Å²) in [6.07, 6.45) is 0.290. The van der Waals surface area contributed by atoms with Gasteiger partial charge >= 0.3 is 0 Å². The molecule has 0 radical (unpaired) electrons. The number of hydrogen-bond acceptors (Lipinski definition) is 7. The first-order chi connectivity index (χ1) is 16.6. The third-order valence-electron chi connectivity index (χ3n) is 5.72. The lowest BCUT2D eigenvalue weighted by Gasteiger charge is -2.23. The van der Waals surface area contributed by atoms with E-state index in [-0.39, 0.29) is 18.4 Å². The molecule has 1 fully saturated rings. The third-order valence-corrected chi connectivity index (χ3v) is 6.27. The standard InChI is InChI=1S/C25H21N5O3S/c1-33-27-19-14-22(24(31)26-20-8-5-9-21-23(20)29-34-28-21)30(15-19)25(32)18-12-10-17(11-13-18)16-6-3-2-4-7-16/h2-13,22H,14-15H2,1H3,(H,26,31)/t22-/m0/s1. The number of nitrogens with zero attached hydrogens (tertiary/aromatic N) is 4. The first-order valence-corrected chi connectivity index (χ1v) is 11.4. The Morgan fingerprint density at radius 1 is 1.00 bits per heavy atom. The summed E-state index contributed by atoms with van der Waals surface area (Å²) < 4.78 is 8.48. The van der Waals surface area contributed by atoms with Crippen LogP contribution in [0.25, 0.3) is 22.2 Å². The van der Waals surface area contributed by atoms with Crippen LogP contribution in [0.15, 0.2) is 78.0 Å². The number of likely N-dealkylation sites (tertiary alicyclic amines) is 1. The van der Waals surface area contributed by atoms with Crippen molar-refractivity contribution in [3.05, 3.63) is 78.4 Å². The molecular formula is C25H21N5O3S. The Morgan fingerprint density at radius 3 is 2.53 bits per heavy atom. The monoisotopic (exact) mass is 471 g/mol. The van der Waals surface area contributed by atoms with Crippen LogP contribution >= 0.6 is 11.7 Å². The number of nitrogens with one attached hydrogen (secondary N) is 1. The van der Waals surface area contributed by atoms with Crippen LogP contribution in [0.4, 0.5) is 5.69 Å². The van der Waals surface area contributed by atoms with E-state index < -0.39 is 6.04 Å². The van der Waals surface area contributed by atoms with E-state index in [1.807, 2.05) is 54.6 Å². The number of carbonyl (C=O) groups is 2. The highest BCUT2D eigenvalue weighted by Crippen LogP contribution is 2.26. The summed E-state index contributed by atoms with van der Waals surface area (Å²) in [4.78, 5) is 33.1. The Kier molecular flexibility index (Phi) is 6.01. The van der Waals surface area contributed by atoms with Crippen LogP contribution < -0.4 is 5.32 Å². The van der Waals surface area contributed by atoms with E-state index in [9.17, 15) is 9.59 Å². The molecule has 4 aromatic rings. The van der Waals surface area contributed by atoms with Gasteiger partial charge in [-0.15, -0.1) is 0 Å². The summed E-state index contributed by atoms with van der Waals surface area (Å²) >= 11 is 1.08. The van der Waals surface area contributed by atoms with Gasteiger partial charge in [0.2, 0.25) is 5.91 Å². The number of amides is 2. The van der Waals surface area contributed by atoms with Gasteiger partial charge in [0.1, 0.15) is 24.2 Å². The molecule has 2 heterocycles. The van der Waals surface area contributed by atoms with Crippen LogP contribution in [0.1, 0.15) is 16.8 Å². The summed E-state index contributed by atoms with van der Waals surface area (Å²) in [5.74, 6) is -0.550. The zero-order valence-electron chi connectivity index (χ0n) is 18.3. The molecule has 0 bridgehead atoms. The van der Waals surface area contributed by atoms with E-state index in [1.54, 1.807) is 18.2 Å². The minimum Gasteiger partial charge on any atom is -0.399 e. The zero-order chi connectivity index (χ0) is 23.5. The number of oxime groups is 1. The normalized spacial score (nSPS) is 16.7. The Labute approximate surface area is 200 Å². The van der Waals surface area contributed by atoms with Crippen molar-refractivity contribution in [2.24, 2.45) is 5.16 Å². The first kappa shape index (κ1) is 21.7. The predicted molar refractivity (Wildman–Crippen MR) is 132 cm³/mol. The molecule has 3 aromatic carbocycles. The van der Waals surface area contributed by atoms with Gasteiger partial charge in [-0.1, -0.05) is 53.7 Å². The SMILES string of the molecule is CON=C1C[C@@H](C(=O)Nc2cccc3nsnc23)N(C(=O)c2ccc(-c3ccccc3)cc2)C1. The zero-order valence-corrected chi connectivity index (χ0v) is 19.2. The summed E-state index contributed by atoms with van der Waals surface area (Å²) in [7, 11) is 1.45. The van der Waals surface area contributed by atoms with Gasteiger partial charge in [0.15, 0.2) is 0 Å². The molecule has 1 aromatic heterocycles. The maximum atomic E-state index is 13.4. The van der Waals surface area contributed by atoms with E-state index in [0.29, 0.717) is 34.4 Å². The average molecular weight is 472 g/mol. The molecular weight excluding hydrogens is 450 g/mol. The van der Waals surface area contributed by atoms with Gasteiger partial charge in [-0.05, 0) is 35.4 Å². The lowest BCUT2D eigenvalue weighted by atomic mass is 10.0. The lowest BCUT2D eigenvalue weighted by Crippen LogP contribution is -2.43. The van der Waals surface area contributed by atoms with Crippen molar-refractivity contribution in [2.75, 3.05) is 19.0 Å². The minimum atomic E-state index is -0.725. The Bertz CT molecular complexity index is 1370. The highest BCUT2D eigenvalue weighted by molar-refractivity contribution is 7.00. The van der Waals surface area contributed by atoms with Gasteiger partial charge in [-0.3, -0.25) is 9.59 Å². The van der Waals surface area contributed by atoms with Crippen LogP contribution in [0.5, 0.6) is 0 Å². The lowest BCUT2D eigenvalue weighted by molar-refractivity contribution is -0.119. The molecule has 0 aliphatic carbocycles. The molecule has 1 aliphatic heterocycles. The fourth-order valence-electron chi connectivity index (χ4n) is 4.07. The molecule has 1 N–H and O–H groups in total. The second kappa shape index (κ2) is 9.40. The van der Waals surface area contributed by atoms with Crippen molar-refractivity contribution in [3.63, 3.8) is 0 Å². The van der Waals surface area contributed by atoms with Gasteiger partial charge in [0.25, 0.3) is 5.91 Å². The van der Waals surface area contributed by atoms with Crippen molar-refractivity contribution in [3.8, 4) is 11.1 Å². The summed E-state index contributed by atoms with van der Waals surface area (Å²) in [5.41, 5.74) is 5.11. The topological polar surface area (TPSA) is 96.8 Å². The first-order valence-electron chi connectivity index (χ1n) is 10.7. The molecule has 170 valence electrons. The molecule has 8 nitrogen and oxygen atoms in total. The van der Waals surface area contributed by atoms with Gasteiger partial charge in [0.05, 0.1) is 29.7 Å². The number of carbonyl (C=O) groups excluding carboxylic acids is 2. The highest BCUT2D eigenvalue weighted by atomic mass is 32.1. The molecule has 9 heteroatoms. The summed E-state index contributed by atoms with van der Waals surface area (Å²) in [6.45, 7) is 0.216. The molecule has 1 aliphatic rings. The number of fused-ring (bicyclic) bond motifs is 1. The number of aromatic nitrogens is 2.